The zero-order chi connectivity index (χ0) is 13.7. The molecule has 1 aromatic carbocycles. The molecular weight excluding hydrogens is 310 g/mol. The van der Waals surface area contributed by atoms with Crippen molar-refractivity contribution in [2.24, 2.45) is 5.84 Å². The molecule has 0 radical (unpaired) electrons. The quantitative estimate of drug-likeness (QED) is 0.585. The number of amides is 1. The van der Waals surface area contributed by atoms with E-state index in [1.165, 1.54) is 12.4 Å². The average molecular weight is 322 g/mol. The Morgan fingerprint density at radius 1 is 1.37 bits per heavy atom. The summed E-state index contributed by atoms with van der Waals surface area (Å²) in [4.78, 5) is 19.8. The fourth-order valence-electron chi connectivity index (χ4n) is 1.46. The first-order valence-electron chi connectivity index (χ1n) is 5.50. The van der Waals surface area contributed by atoms with E-state index in [0.717, 1.165) is 10.0 Å². The number of aromatic nitrogens is 2. The van der Waals surface area contributed by atoms with Crippen LogP contribution in [0.3, 0.4) is 0 Å². The number of carbonyl (C=O) groups is 1. The molecule has 0 aliphatic carbocycles. The van der Waals surface area contributed by atoms with Crippen LogP contribution in [0, 0.1) is 0 Å². The molecule has 1 heterocycles. The van der Waals surface area contributed by atoms with Crippen LogP contribution in [0.4, 0.5) is 5.82 Å². The third kappa shape index (κ3) is 3.73. The third-order valence-electron chi connectivity index (χ3n) is 2.36. The van der Waals surface area contributed by atoms with Crippen LogP contribution in [-0.4, -0.2) is 15.9 Å². The highest BCUT2D eigenvalue weighted by Crippen LogP contribution is 2.11. The number of nitrogen functional groups attached to an aromatic ring is 1. The van der Waals surface area contributed by atoms with Crippen LogP contribution in [0.25, 0.3) is 0 Å². The van der Waals surface area contributed by atoms with Crippen LogP contribution in [-0.2, 0) is 6.54 Å². The van der Waals surface area contributed by atoms with Gasteiger partial charge in [0, 0.05) is 11.0 Å². The van der Waals surface area contributed by atoms with E-state index in [4.69, 9.17) is 5.84 Å². The van der Waals surface area contributed by atoms with E-state index in [1.807, 2.05) is 24.3 Å². The van der Waals surface area contributed by atoms with Gasteiger partial charge in [-0.3, -0.25) is 9.78 Å². The van der Waals surface area contributed by atoms with Crippen molar-refractivity contribution >= 4 is 27.7 Å². The van der Waals surface area contributed by atoms with Crippen molar-refractivity contribution in [3.63, 3.8) is 0 Å². The minimum absolute atomic E-state index is 0.213. The molecule has 2 rings (SSSR count). The van der Waals surface area contributed by atoms with Gasteiger partial charge in [0.25, 0.3) is 5.91 Å². The number of halogens is 1. The van der Waals surface area contributed by atoms with Gasteiger partial charge in [-0.25, -0.2) is 10.8 Å². The van der Waals surface area contributed by atoms with Gasteiger partial charge in [-0.15, -0.1) is 0 Å². The number of benzene rings is 1. The standard InChI is InChI=1S/C12H12BrN5O/c13-9-3-1-2-8(4-9)5-16-12(19)10-6-15-7-11(17-10)18-14/h1-4,6-7H,5,14H2,(H,16,19)(H,17,18). The minimum atomic E-state index is -0.301. The molecule has 98 valence electrons. The molecule has 0 unspecified atom stereocenters. The molecule has 0 fully saturated rings. The second-order valence-corrected chi connectivity index (χ2v) is 4.66. The molecule has 1 amide bonds. The summed E-state index contributed by atoms with van der Waals surface area (Å²) in [6, 6.07) is 7.69. The smallest absolute Gasteiger partial charge is 0.271 e. The van der Waals surface area contributed by atoms with E-state index < -0.39 is 0 Å². The lowest BCUT2D eigenvalue weighted by Gasteiger charge is -2.06. The Kier molecular flexibility index (Phi) is 4.43. The molecule has 0 aliphatic rings. The number of carbonyl (C=O) groups excluding carboxylic acids is 1. The molecule has 0 aliphatic heterocycles. The number of hydrogen-bond acceptors (Lipinski definition) is 5. The van der Waals surface area contributed by atoms with Gasteiger partial charge < -0.3 is 10.7 Å². The summed E-state index contributed by atoms with van der Waals surface area (Å²) < 4.78 is 0.966. The number of nitrogens with one attached hydrogen (secondary N) is 2. The Labute approximate surface area is 118 Å². The van der Waals surface area contributed by atoms with Crippen LogP contribution in [0.15, 0.2) is 41.1 Å². The molecule has 7 heteroatoms. The van der Waals surface area contributed by atoms with Gasteiger partial charge >= 0.3 is 0 Å². The first-order chi connectivity index (χ1) is 9.19. The molecule has 6 nitrogen and oxygen atoms in total. The molecule has 0 spiro atoms. The molecule has 4 N–H and O–H groups in total. The summed E-state index contributed by atoms with van der Waals surface area (Å²) in [7, 11) is 0. The summed E-state index contributed by atoms with van der Waals surface area (Å²) in [5.41, 5.74) is 3.55. The van der Waals surface area contributed by atoms with Gasteiger partial charge in [-0.2, -0.15) is 0 Å². The fourth-order valence-corrected chi connectivity index (χ4v) is 1.91. The molecule has 0 saturated heterocycles. The summed E-state index contributed by atoms with van der Waals surface area (Å²) in [5.74, 6) is 5.25. The lowest BCUT2D eigenvalue weighted by Crippen LogP contribution is -2.24. The maximum Gasteiger partial charge on any atom is 0.271 e. The predicted octanol–water partition coefficient (Wildman–Crippen LogP) is 1.45. The number of nitrogens with two attached hydrogens (primary N) is 1. The first-order valence-corrected chi connectivity index (χ1v) is 6.29. The van der Waals surface area contributed by atoms with E-state index in [-0.39, 0.29) is 11.6 Å². The first kappa shape index (κ1) is 13.4. The Balaban J connectivity index is 2.01. The number of nitrogens with zero attached hydrogens (tertiary/aromatic N) is 2. The van der Waals surface area contributed by atoms with Crippen molar-refractivity contribution in [2.45, 2.75) is 6.54 Å². The Morgan fingerprint density at radius 2 is 2.21 bits per heavy atom. The molecule has 0 saturated carbocycles. The third-order valence-corrected chi connectivity index (χ3v) is 2.85. The van der Waals surface area contributed by atoms with E-state index in [2.05, 4.69) is 36.6 Å². The highest BCUT2D eigenvalue weighted by molar-refractivity contribution is 9.10. The van der Waals surface area contributed by atoms with Crippen LogP contribution in [0.2, 0.25) is 0 Å². The molecule has 0 atom stereocenters. The average Bonchev–Trinajstić information content (AvgIpc) is 2.45. The largest absolute Gasteiger partial charge is 0.347 e. The summed E-state index contributed by atoms with van der Waals surface area (Å²) >= 11 is 3.38. The zero-order valence-electron chi connectivity index (χ0n) is 9.93. The lowest BCUT2D eigenvalue weighted by molar-refractivity contribution is 0.0945. The van der Waals surface area contributed by atoms with Gasteiger partial charge in [0.2, 0.25) is 0 Å². The van der Waals surface area contributed by atoms with E-state index in [9.17, 15) is 4.79 Å². The monoisotopic (exact) mass is 321 g/mol. The van der Waals surface area contributed by atoms with Crippen LogP contribution in [0.1, 0.15) is 16.1 Å². The van der Waals surface area contributed by atoms with Crippen molar-refractivity contribution in [3.05, 3.63) is 52.4 Å². The predicted molar refractivity (Wildman–Crippen MR) is 75.2 cm³/mol. The molecular formula is C12H12BrN5O. The molecule has 0 bridgehead atoms. The molecule has 1 aromatic heterocycles. The van der Waals surface area contributed by atoms with Gasteiger partial charge in [0.05, 0.1) is 12.4 Å². The number of anilines is 1. The molecule has 19 heavy (non-hydrogen) atoms. The number of hydrogen-bond donors (Lipinski definition) is 3. The van der Waals surface area contributed by atoms with E-state index in [1.54, 1.807) is 0 Å². The fraction of sp³-hybridized carbons (Fsp3) is 0.0833. The van der Waals surface area contributed by atoms with Crippen molar-refractivity contribution < 1.29 is 4.79 Å². The summed E-state index contributed by atoms with van der Waals surface area (Å²) in [6.45, 7) is 0.417. The Bertz CT molecular complexity index is 590. The van der Waals surface area contributed by atoms with E-state index >= 15 is 0 Å². The second-order valence-electron chi connectivity index (χ2n) is 3.75. The zero-order valence-corrected chi connectivity index (χ0v) is 11.5. The van der Waals surface area contributed by atoms with Gasteiger partial charge in [0.1, 0.15) is 5.69 Å². The van der Waals surface area contributed by atoms with Crippen molar-refractivity contribution in [1.29, 1.82) is 0 Å². The maximum atomic E-state index is 11.9. The highest BCUT2D eigenvalue weighted by Gasteiger charge is 2.08. The topological polar surface area (TPSA) is 92.9 Å². The Hall–Kier alpha value is -1.99. The van der Waals surface area contributed by atoms with Gasteiger partial charge in [0.15, 0.2) is 5.82 Å². The lowest BCUT2D eigenvalue weighted by atomic mass is 10.2. The van der Waals surface area contributed by atoms with Crippen LogP contribution < -0.4 is 16.6 Å². The Morgan fingerprint density at radius 3 is 2.95 bits per heavy atom. The van der Waals surface area contributed by atoms with Gasteiger partial charge in [-0.05, 0) is 17.7 Å². The SMILES string of the molecule is NNc1cncc(C(=O)NCc2cccc(Br)c2)n1. The minimum Gasteiger partial charge on any atom is -0.347 e. The highest BCUT2D eigenvalue weighted by atomic mass is 79.9. The maximum absolute atomic E-state index is 11.9. The normalized spacial score (nSPS) is 10.0. The molecule has 2 aromatic rings. The van der Waals surface area contributed by atoms with Crippen molar-refractivity contribution in [3.8, 4) is 0 Å². The van der Waals surface area contributed by atoms with Crippen molar-refractivity contribution in [2.75, 3.05) is 5.43 Å². The number of hydrazine groups is 1. The number of rotatable bonds is 4. The summed E-state index contributed by atoms with van der Waals surface area (Å²) in [5, 5.41) is 2.76. The van der Waals surface area contributed by atoms with Crippen molar-refractivity contribution in [1.82, 2.24) is 15.3 Å². The van der Waals surface area contributed by atoms with E-state index in [0.29, 0.717) is 12.4 Å². The second kappa shape index (κ2) is 6.26. The van der Waals surface area contributed by atoms with Crippen LogP contribution in [0.5, 0.6) is 0 Å². The van der Waals surface area contributed by atoms with Crippen LogP contribution >= 0.6 is 15.9 Å². The summed E-state index contributed by atoms with van der Waals surface area (Å²) in [6.07, 6.45) is 2.82. The van der Waals surface area contributed by atoms with Gasteiger partial charge in [-0.1, -0.05) is 28.1 Å².